The Morgan fingerprint density at radius 2 is 1.83 bits per heavy atom. The van der Waals surface area contributed by atoms with E-state index < -0.39 is 28.6 Å². The van der Waals surface area contributed by atoms with E-state index in [1.54, 1.807) is 0 Å². The van der Waals surface area contributed by atoms with Crippen molar-refractivity contribution in [3.8, 4) is 11.1 Å². The van der Waals surface area contributed by atoms with Gasteiger partial charge in [-0.2, -0.15) is 0 Å². The number of carboxylic acid groups (broad SMARTS) is 1. The van der Waals surface area contributed by atoms with Gasteiger partial charge in [0.05, 0.1) is 0 Å². The van der Waals surface area contributed by atoms with Crippen LogP contribution in [0.1, 0.15) is 10.4 Å². The molecule has 0 spiro atoms. The molecule has 126 valence electrons. The van der Waals surface area contributed by atoms with E-state index in [1.165, 1.54) is 35.8 Å². The lowest BCUT2D eigenvalue weighted by molar-refractivity contribution is -0.129. The van der Waals surface area contributed by atoms with Crippen LogP contribution in [0.4, 0.5) is 8.78 Å². The topological polar surface area (TPSA) is 79.6 Å². The van der Waals surface area contributed by atoms with Crippen molar-refractivity contribution in [1.29, 1.82) is 0 Å². The quantitative estimate of drug-likeness (QED) is 0.919. The minimum Gasteiger partial charge on any atom is -0.477 e. The van der Waals surface area contributed by atoms with E-state index in [0.717, 1.165) is 18.3 Å². The van der Waals surface area contributed by atoms with E-state index in [2.05, 4.69) is 0 Å². The monoisotopic (exact) mass is 336 g/mol. The molecule has 1 amide bonds. The van der Waals surface area contributed by atoms with Gasteiger partial charge in [0.15, 0.2) is 11.6 Å². The van der Waals surface area contributed by atoms with Crippen molar-refractivity contribution in [2.45, 2.75) is 6.54 Å². The Labute approximate surface area is 135 Å². The molecule has 0 aliphatic heterocycles. The predicted octanol–water partition coefficient (Wildman–Crippen LogP) is 1.58. The Morgan fingerprint density at radius 3 is 2.38 bits per heavy atom. The number of carbonyl (C=O) groups is 2. The second kappa shape index (κ2) is 6.61. The molecule has 1 heterocycles. The third kappa shape index (κ3) is 3.48. The standard InChI is InChI=1S/C16H14F2N2O4/c1-19(2)14(21)8-20-6-10(15(22)11(7-20)16(23)24)9-3-4-12(17)13(18)5-9/h3-7H,8H2,1-2H3,(H,23,24). The highest BCUT2D eigenvalue weighted by atomic mass is 19.2. The zero-order valence-electron chi connectivity index (χ0n) is 12.9. The smallest absolute Gasteiger partial charge is 0.341 e. The summed E-state index contributed by atoms with van der Waals surface area (Å²) in [5.41, 5.74) is -1.53. The lowest BCUT2D eigenvalue weighted by Gasteiger charge is -2.14. The van der Waals surface area contributed by atoms with Gasteiger partial charge in [0.1, 0.15) is 12.1 Å². The first kappa shape index (κ1) is 17.3. The van der Waals surface area contributed by atoms with Crippen molar-refractivity contribution >= 4 is 11.9 Å². The maximum atomic E-state index is 13.4. The van der Waals surface area contributed by atoms with Gasteiger partial charge >= 0.3 is 5.97 Å². The second-order valence-electron chi connectivity index (χ2n) is 5.31. The summed E-state index contributed by atoms with van der Waals surface area (Å²) in [5, 5.41) is 9.16. The van der Waals surface area contributed by atoms with Gasteiger partial charge in [-0.05, 0) is 17.7 Å². The van der Waals surface area contributed by atoms with Gasteiger partial charge in [0.2, 0.25) is 11.3 Å². The summed E-state index contributed by atoms with van der Waals surface area (Å²) in [6.45, 7) is -0.204. The Balaban J connectivity index is 2.63. The molecule has 2 rings (SSSR count). The van der Waals surface area contributed by atoms with E-state index in [-0.39, 0.29) is 23.6 Å². The molecule has 0 bridgehead atoms. The van der Waals surface area contributed by atoms with E-state index in [0.29, 0.717) is 0 Å². The van der Waals surface area contributed by atoms with E-state index in [4.69, 9.17) is 5.11 Å². The summed E-state index contributed by atoms with van der Waals surface area (Å²) >= 11 is 0. The number of aromatic carboxylic acids is 1. The highest BCUT2D eigenvalue weighted by Crippen LogP contribution is 2.19. The van der Waals surface area contributed by atoms with Crippen molar-refractivity contribution < 1.29 is 23.5 Å². The maximum Gasteiger partial charge on any atom is 0.341 e. The van der Waals surface area contributed by atoms with Gasteiger partial charge in [-0.15, -0.1) is 0 Å². The first-order chi connectivity index (χ1) is 11.2. The summed E-state index contributed by atoms with van der Waals surface area (Å²) in [5.74, 6) is -4.05. The highest BCUT2D eigenvalue weighted by Gasteiger charge is 2.17. The third-order valence-electron chi connectivity index (χ3n) is 3.36. The van der Waals surface area contributed by atoms with E-state index >= 15 is 0 Å². The van der Waals surface area contributed by atoms with Crippen LogP contribution < -0.4 is 5.43 Å². The molecule has 24 heavy (non-hydrogen) atoms. The molecule has 0 saturated carbocycles. The molecule has 0 radical (unpaired) electrons. The van der Waals surface area contributed by atoms with Crippen molar-refractivity contribution in [2.75, 3.05) is 14.1 Å². The van der Waals surface area contributed by atoms with Crippen molar-refractivity contribution in [3.05, 3.63) is 58.0 Å². The molecule has 6 nitrogen and oxygen atoms in total. The average Bonchev–Trinajstić information content (AvgIpc) is 2.51. The summed E-state index contributed by atoms with van der Waals surface area (Å²) in [6, 6.07) is 2.81. The first-order valence-corrected chi connectivity index (χ1v) is 6.83. The Kier molecular flexibility index (Phi) is 4.77. The molecular weight excluding hydrogens is 322 g/mol. The maximum absolute atomic E-state index is 13.4. The Morgan fingerprint density at radius 1 is 1.17 bits per heavy atom. The zero-order chi connectivity index (χ0) is 18.0. The van der Waals surface area contributed by atoms with Gasteiger partial charge in [-0.1, -0.05) is 6.07 Å². The minimum atomic E-state index is -1.48. The second-order valence-corrected chi connectivity index (χ2v) is 5.31. The van der Waals surface area contributed by atoms with E-state index in [1.807, 2.05) is 0 Å². The molecule has 0 fully saturated rings. The summed E-state index contributed by atoms with van der Waals surface area (Å²) in [7, 11) is 3.05. The van der Waals surface area contributed by atoms with E-state index in [9.17, 15) is 23.2 Å². The van der Waals surface area contributed by atoms with Gasteiger partial charge in [0.25, 0.3) is 0 Å². The SMILES string of the molecule is CN(C)C(=O)Cn1cc(C(=O)O)c(=O)c(-c2ccc(F)c(F)c2)c1. The van der Waals surface area contributed by atoms with Gasteiger partial charge in [-0.3, -0.25) is 9.59 Å². The van der Waals surface area contributed by atoms with Gasteiger partial charge in [0, 0.05) is 32.1 Å². The molecule has 0 aliphatic carbocycles. The lowest BCUT2D eigenvalue weighted by Crippen LogP contribution is -2.28. The number of aromatic nitrogens is 1. The fourth-order valence-electron chi connectivity index (χ4n) is 2.04. The largest absolute Gasteiger partial charge is 0.477 e. The molecule has 2 aromatic rings. The number of carboxylic acids is 1. The molecular formula is C16H14F2N2O4. The molecule has 1 aromatic carbocycles. The fourth-order valence-corrected chi connectivity index (χ4v) is 2.04. The lowest BCUT2D eigenvalue weighted by atomic mass is 10.0. The molecule has 0 saturated heterocycles. The third-order valence-corrected chi connectivity index (χ3v) is 3.36. The van der Waals surface area contributed by atoms with Crippen molar-refractivity contribution in [2.24, 2.45) is 0 Å². The van der Waals surface area contributed by atoms with Crippen LogP contribution in [0.3, 0.4) is 0 Å². The molecule has 8 heteroatoms. The van der Waals surface area contributed by atoms with Crippen LogP contribution >= 0.6 is 0 Å². The number of carbonyl (C=O) groups excluding carboxylic acids is 1. The Hall–Kier alpha value is -3.03. The van der Waals surface area contributed by atoms with Crippen LogP contribution in [-0.4, -0.2) is 40.5 Å². The fraction of sp³-hybridized carbons (Fsp3) is 0.188. The molecule has 1 N–H and O–H groups in total. The number of nitrogens with zero attached hydrogens (tertiary/aromatic N) is 2. The Bertz CT molecular complexity index is 875. The summed E-state index contributed by atoms with van der Waals surface area (Å²) in [4.78, 5) is 36.6. The number of benzene rings is 1. The van der Waals surface area contributed by atoms with Crippen LogP contribution in [0, 0.1) is 11.6 Å². The number of likely N-dealkylation sites (N-methyl/N-ethyl adjacent to an activating group) is 1. The normalized spacial score (nSPS) is 10.5. The van der Waals surface area contributed by atoms with Crippen LogP contribution in [0.25, 0.3) is 11.1 Å². The van der Waals surface area contributed by atoms with Gasteiger partial charge in [-0.25, -0.2) is 13.6 Å². The number of hydrogen-bond donors (Lipinski definition) is 1. The van der Waals surface area contributed by atoms with Crippen LogP contribution in [0.2, 0.25) is 0 Å². The minimum absolute atomic E-state index is 0.0213. The summed E-state index contributed by atoms with van der Waals surface area (Å²) < 4.78 is 27.7. The summed E-state index contributed by atoms with van der Waals surface area (Å²) in [6.07, 6.45) is 2.28. The molecule has 1 aromatic heterocycles. The van der Waals surface area contributed by atoms with Crippen LogP contribution in [0.15, 0.2) is 35.4 Å². The number of pyridine rings is 1. The van der Waals surface area contributed by atoms with Crippen molar-refractivity contribution in [3.63, 3.8) is 0 Å². The zero-order valence-corrected chi connectivity index (χ0v) is 12.9. The molecule has 0 aliphatic rings. The first-order valence-electron chi connectivity index (χ1n) is 6.83. The van der Waals surface area contributed by atoms with Crippen molar-refractivity contribution in [1.82, 2.24) is 9.47 Å². The molecule has 0 unspecified atom stereocenters. The highest BCUT2D eigenvalue weighted by molar-refractivity contribution is 5.89. The number of amides is 1. The average molecular weight is 336 g/mol. The van der Waals surface area contributed by atoms with Gasteiger partial charge < -0.3 is 14.6 Å². The van der Waals surface area contributed by atoms with Crippen LogP contribution in [-0.2, 0) is 11.3 Å². The number of hydrogen-bond acceptors (Lipinski definition) is 3. The number of rotatable bonds is 4. The molecule has 0 atom stereocenters. The number of halogens is 2. The predicted molar refractivity (Wildman–Crippen MR) is 81.7 cm³/mol. The van der Waals surface area contributed by atoms with Crippen LogP contribution in [0.5, 0.6) is 0 Å².